The zero-order valence-corrected chi connectivity index (χ0v) is 13.7. The molecule has 0 radical (unpaired) electrons. The van der Waals surface area contributed by atoms with Gasteiger partial charge in [0.2, 0.25) is 5.91 Å². The number of para-hydroxylation sites is 1. The minimum atomic E-state index is -4.68. The highest BCUT2D eigenvalue weighted by Gasteiger charge is 2.32. The molecule has 0 aliphatic carbocycles. The van der Waals surface area contributed by atoms with Gasteiger partial charge in [-0.3, -0.25) is 14.4 Å². The molecular formula is C17H13F3N4O3. The number of pyridine rings is 1. The third kappa shape index (κ3) is 4.05. The highest BCUT2D eigenvalue weighted by molar-refractivity contribution is 6.44. The molecule has 10 heteroatoms. The van der Waals surface area contributed by atoms with Gasteiger partial charge in [0, 0.05) is 19.0 Å². The molecule has 3 rings (SSSR count). The zero-order chi connectivity index (χ0) is 19.6. The molecule has 0 atom stereocenters. The van der Waals surface area contributed by atoms with E-state index in [1.807, 2.05) is 4.98 Å². The van der Waals surface area contributed by atoms with Crippen molar-refractivity contribution in [2.75, 3.05) is 10.3 Å². The van der Waals surface area contributed by atoms with Crippen molar-refractivity contribution in [1.82, 2.24) is 4.98 Å². The summed E-state index contributed by atoms with van der Waals surface area (Å²) in [5.41, 5.74) is -2.17. The Bertz CT molecular complexity index is 967. The first-order chi connectivity index (χ1) is 12.8. The number of H-pyrrole nitrogens is 1. The molecule has 27 heavy (non-hydrogen) atoms. The first-order valence-corrected chi connectivity index (χ1v) is 7.82. The van der Waals surface area contributed by atoms with E-state index >= 15 is 0 Å². The second-order valence-electron chi connectivity index (χ2n) is 5.67. The van der Waals surface area contributed by atoms with Crippen molar-refractivity contribution in [3.63, 3.8) is 0 Å². The van der Waals surface area contributed by atoms with Crippen LogP contribution in [-0.2, 0) is 15.8 Å². The summed E-state index contributed by atoms with van der Waals surface area (Å²) in [4.78, 5) is 38.0. The monoisotopic (exact) mass is 378 g/mol. The Hall–Kier alpha value is -3.43. The molecule has 0 bridgehead atoms. The van der Waals surface area contributed by atoms with Crippen molar-refractivity contribution in [2.24, 2.45) is 5.10 Å². The average Bonchev–Trinajstić information content (AvgIpc) is 2.63. The van der Waals surface area contributed by atoms with Crippen LogP contribution in [-0.4, -0.2) is 22.5 Å². The first kappa shape index (κ1) is 18.4. The molecule has 140 valence electrons. The van der Waals surface area contributed by atoms with Crippen LogP contribution in [0.3, 0.4) is 0 Å². The number of carbonyl (C=O) groups is 2. The van der Waals surface area contributed by atoms with Crippen LogP contribution in [0.1, 0.15) is 18.4 Å². The molecule has 2 heterocycles. The Kier molecular flexibility index (Phi) is 4.80. The lowest BCUT2D eigenvalue weighted by Gasteiger charge is -2.23. The SMILES string of the molecule is O=C(Nc1cc(C(F)(F)F)c[nH]c1=O)C1=NN(c2ccccc2)C(=O)CC1. The number of carbonyl (C=O) groups excluding carboxylic acids is 2. The Morgan fingerprint density at radius 1 is 1.15 bits per heavy atom. The van der Waals surface area contributed by atoms with E-state index < -0.39 is 28.9 Å². The van der Waals surface area contributed by atoms with Crippen molar-refractivity contribution in [3.05, 3.63) is 58.5 Å². The van der Waals surface area contributed by atoms with Gasteiger partial charge in [-0.2, -0.15) is 18.3 Å². The van der Waals surface area contributed by atoms with Crippen molar-refractivity contribution in [1.29, 1.82) is 0 Å². The van der Waals surface area contributed by atoms with Gasteiger partial charge < -0.3 is 10.3 Å². The smallest absolute Gasteiger partial charge is 0.327 e. The van der Waals surface area contributed by atoms with Crippen molar-refractivity contribution < 1.29 is 22.8 Å². The van der Waals surface area contributed by atoms with Crippen LogP contribution in [0.15, 0.2) is 52.5 Å². The summed E-state index contributed by atoms with van der Waals surface area (Å²) >= 11 is 0. The summed E-state index contributed by atoms with van der Waals surface area (Å²) in [7, 11) is 0. The van der Waals surface area contributed by atoms with Gasteiger partial charge in [-0.1, -0.05) is 18.2 Å². The molecule has 0 saturated heterocycles. The van der Waals surface area contributed by atoms with Gasteiger partial charge in [-0.25, -0.2) is 5.01 Å². The molecule has 2 N–H and O–H groups in total. The summed E-state index contributed by atoms with van der Waals surface area (Å²) in [5, 5.41) is 7.16. The van der Waals surface area contributed by atoms with Gasteiger partial charge in [0.1, 0.15) is 11.4 Å². The van der Waals surface area contributed by atoms with Gasteiger partial charge in [0.05, 0.1) is 11.3 Å². The molecule has 0 fully saturated rings. The number of halogens is 3. The van der Waals surface area contributed by atoms with Gasteiger partial charge in [0.15, 0.2) is 0 Å². The number of benzene rings is 1. The van der Waals surface area contributed by atoms with Crippen LogP contribution in [0.2, 0.25) is 0 Å². The van der Waals surface area contributed by atoms with Gasteiger partial charge in [-0.05, 0) is 18.2 Å². The number of aromatic nitrogens is 1. The molecule has 0 saturated carbocycles. The molecule has 1 aliphatic heterocycles. The molecule has 7 nitrogen and oxygen atoms in total. The number of nitrogens with one attached hydrogen (secondary N) is 2. The van der Waals surface area contributed by atoms with Crippen LogP contribution in [0.5, 0.6) is 0 Å². The number of hydrazone groups is 1. The highest BCUT2D eigenvalue weighted by Crippen LogP contribution is 2.29. The van der Waals surface area contributed by atoms with E-state index in [1.165, 1.54) is 0 Å². The molecule has 2 amide bonds. The number of amides is 2. The summed E-state index contributed by atoms with van der Waals surface area (Å²) in [6, 6.07) is 8.91. The lowest BCUT2D eigenvalue weighted by Crippen LogP contribution is -2.37. The predicted octanol–water partition coefficient (Wildman–Crippen LogP) is 2.52. The number of hydrogen-bond acceptors (Lipinski definition) is 4. The molecule has 1 aromatic heterocycles. The number of hydrogen-bond donors (Lipinski definition) is 2. The van der Waals surface area contributed by atoms with Crippen molar-refractivity contribution in [2.45, 2.75) is 19.0 Å². The van der Waals surface area contributed by atoms with E-state index in [2.05, 4.69) is 10.4 Å². The molecule has 0 unspecified atom stereocenters. The maximum atomic E-state index is 12.8. The van der Waals surface area contributed by atoms with E-state index in [4.69, 9.17) is 0 Å². The second-order valence-corrected chi connectivity index (χ2v) is 5.67. The second kappa shape index (κ2) is 7.06. The van der Waals surface area contributed by atoms with Gasteiger partial charge in [-0.15, -0.1) is 0 Å². The van der Waals surface area contributed by atoms with Gasteiger partial charge in [0.25, 0.3) is 11.5 Å². The van der Waals surface area contributed by atoms with Crippen LogP contribution < -0.4 is 15.9 Å². The lowest BCUT2D eigenvalue weighted by atomic mass is 10.1. The van der Waals surface area contributed by atoms with E-state index in [1.54, 1.807) is 30.3 Å². The summed E-state index contributed by atoms with van der Waals surface area (Å²) in [6.07, 6.45) is -4.15. The fourth-order valence-corrected chi connectivity index (χ4v) is 2.42. The maximum Gasteiger partial charge on any atom is 0.417 e. The lowest BCUT2D eigenvalue weighted by molar-refractivity contribution is -0.137. The summed E-state index contributed by atoms with van der Waals surface area (Å²) in [6.45, 7) is 0. The summed E-state index contributed by atoms with van der Waals surface area (Å²) < 4.78 is 38.3. The Morgan fingerprint density at radius 2 is 1.85 bits per heavy atom. The van der Waals surface area contributed by atoms with E-state index in [-0.39, 0.29) is 24.5 Å². The molecule has 2 aromatic rings. The number of rotatable bonds is 3. The van der Waals surface area contributed by atoms with E-state index in [9.17, 15) is 27.6 Å². The van der Waals surface area contributed by atoms with Crippen LogP contribution in [0.25, 0.3) is 0 Å². The average molecular weight is 378 g/mol. The molecule has 1 aliphatic rings. The largest absolute Gasteiger partial charge is 0.417 e. The normalized spacial score (nSPS) is 14.7. The first-order valence-electron chi connectivity index (χ1n) is 7.82. The quantitative estimate of drug-likeness (QED) is 0.859. The van der Waals surface area contributed by atoms with Crippen LogP contribution >= 0.6 is 0 Å². The number of nitrogens with zero attached hydrogens (tertiary/aromatic N) is 2. The van der Waals surface area contributed by atoms with Crippen LogP contribution in [0, 0.1) is 0 Å². The van der Waals surface area contributed by atoms with E-state index in [0.717, 1.165) is 5.01 Å². The molecule has 0 spiro atoms. The fraction of sp³-hybridized carbons (Fsp3) is 0.176. The minimum absolute atomic E-state index is 0.0000948. The highest BCUT2D eigenvalue weighted by atomic mass is 19.4. The Labute approximate surface area is 150 Å². The minimum Gasteiger partial charge on any atom is -0.327 e. The van der Waals surface area contributed by atoms with Crippen LogP contribution in [0.4, 0.5) is 24.5 Å². The number of aromatic amines is 1. The topological polar surface area (TPSA) is 94.6 Å². The maximum absolute atomic E-state index is 12.8. The Balaban J connectivity index is 1.86. The summed E-state index contributed by atoms with van der Waals surface area (Å²) in [5.74, 6) is -1.18. The number of anilines is 2. The molecular weight excluding hydrogens is 365 g/mol. The third-order valence-corrected chi connectivity index (χ3v) is 3.77. The van der Waals surface area contributed by atoms with Gasteiger partial charge >= 0.3 is 6.18 Å². The Morgan fingerprint density at radius 3 is 2.52 bits per heavy atom. The fourth-order valence-electron chi connectivity index (χ4n) is 2.42. The van der Waals surface area contributed by atoms with Crippen molar-refractivity contribution in [3.8, 4) is 0 Å². The van der Waals surface area contributed by atoms with Crippen molar-refractivity contribution >= 4 is 28.9 Å². The predicted molar refractivity (Wildman–Crippen MR) is 91.3 cm³/mol. The number of alkyl halides is 3. The zero-order valence-electron chi connectivity index (χ0n) is 13.7. The molecule has 1 aromatic carbocycles. The third-order valence-electron chi connectivity index (χ3n) is 3.77. The van der Waals surface area contributed by atoms with E-state index in [0.29, 0.717) is 18.0 Å². The standard InChI is InChI=1S/C17H13F3N4O3/c18-17(19,20)10-8-13(15(26)21-9-10)22-16(27)12-6-7-14(25)24(23-12)11-4-2-1-3-5-11/h1-5,8-9H,6-7H2,(H,21,26)(H,22,27).